The van der Waals surface area contributed by atoms with Gasteiger partial charge in [-0.2, -0.15) is 5.10 Å². The van der Waals surface area contributed by atoms with E-state index in [2.05, 4.69) is 10.5 Å². The third-order valence-corrected chi connectivity index (χ3v) is 3.35. The number of hydrogen-bond donors (Lipinski definition) is 1. The van der Waals surface area contributed by atoms with Gasteiger partial charge in [-0.3, -0.25) is 4.79 Å². The Hall–Kier alpha value is -1.12. The van der Waals surface area contributed by atoms with E-state index in [4.69, 9.17) is 0 Å². The molecule has 0 heterocycles. The fraction of sp³-hybridized carbons (Fsp3) is 0.100. The van der Waals surface area contributed by atoms with Crippen LogP contribution in [0.15, 0.2) is 29.4 Å². The van der Waals surface area contributed by atoms with Gasteiger partial charge in [0.1, 0.15) is 0 Å². The van der Waals surface area contributed by atoms with Crippen molar-refractivity contribution in [2.24, 2.45) is 5.10 Å². The van der Waals surface area contributed by atoms with Gasteiger partial charge < -0.3 is 0 Å². The zero-order chi connectivity index (χ0) is 16.5. The van der Waals surface area contributed by atoms with Gasteiger partial charge in [-0.05, 0) is 83.3 Å². The van der Waals surface area contributed by atoms with Gasteiger partial charge in [0.05, 0.1) is 0 Å². The molecule has 1 aromatic rings. The number of hydrazone groups is 1. The summed E-state index contributed by atoms with van der Waals surface area (Å²) in [5.41, 5.74) is 4.96. The number of amides is 1. The van der Waals surface area contributed by atoms with Crippen LogP contribution in [-0.4, -0.2) is 11.6 Å². The summed E-state index contributed by atoms with van der Waals surface area (Å²) in [6.07, 6.45) is 17.8. The van der Waals surface area contributed by atoms with Crippen LogP contribution in [0.1, 0.15) is 22.8 Å². The second kappa shape index (κ2) is 11.4. The van der Waals surface area contributed by atoms with Crippen molar-refractivity contribution >= 4 is 11.6 Å². The Labute approximate surface area is 157 Å². The molecule has 2 saturated carbocycles. The molecule has 4 heteroatoms. The molecule has 0 bridgehead atoms. The predicted octanol–water partition coefficient (Wildman–Crippen LogP) is 3.52. The van der Waals surface area contributed by atoms with Crippen molar-refractivity contribution in [3.05, 3.63) is 99.1 Å². The average molecular weight is 360 g/mol. The third kappa shape index (κ3) is 6.78. The summed E-state index contributed by atoms with van der Waals surface area (Å²) in [6.45, 7) is 3.77. The Bertz CT molecular complexity index is 525. The number of aryl methyl sites for hydroxylation is 1. The molecule has 1 N–H and O–H groups in total. The molecular weight excluding hydrogens is 340 g/mol. The Morgan fingerprint density at radius 3 is 2.00 bits per heavy atom. The summed E-state index contributed by atoms with van der Waals surface area (Å²) in [5, 5.41) is 4.10. The van der Waals surface area contributed by atoms with Gasteiger partial charge in [0.25, 0.3) is 5.91 Å². The van der Waals surface area contributed by atoms with Gasteiger partial charge in [0.2, 0.25) is 0 Å². The number of nitrogens with one attached hydrogen (secondary N) is 1. The fourth-order valence-corrected chi connectivity index (χ4v) is 2.02. The minimum atomic E-state index is -0.181. The second-order valence-electron chi connectivity index (χ2n) is 5.09. The topological polar surface area (TPSA) is 41.5 Å². The minimum absolute atomic E-state index is 0. The van der Waals surface area contributed by atoms with Crippen molar-refractivity contribution in [2.75, 3.05) is 0 Å². The van der Waals surface area contributed by atoms with Crippen molar-refractivity contribution in [2.45, 2.75) is 13.8 Å². The molecule has 0 atom stereocenters. The molecule has 1 aromatic carbocycles. The Balaban J connectivity index is 0.000000412. The van der Waals surface area contributed by atoms with Crippen molar-refractivity contribution in [3.8, 4) is 0 Å². The summed E-state index contributed by atoms with van der Waals surface area (Å²) in [7, 11) is 0. The van der Waals surface area contributed by atoms with E-state index in [0.717, 1.165) is 17.2 Å². The summed E-state index contributed by atoms with van der Waals surface area (Å²) in [4.78, 5) is 11.9. The summed E-state index contributed by atoms with van der Waals surface area (Å²) < 4.78 is 0. The molecule has 2 fully saturated rings. The quantitative estimate of drug-likeness (QED) is 0.500. The van der Waals surface area contributed by atoms with Crippen molar-refractivity contribution < 1.29 is 21.9 Å². The predicted molar refractivity (Wildman–Crippen MR) is 93.7 cm³/mol. The molecule has 0 saturated heterocycles. The number of carbonyl (C=O) groups is 1. The Morgan fingerprint density at radius 2 is 1.46 bits per heavy atom. The molecule has 10 radical (unpaired) electrons. The molecule has 3 nitrogen and oxygen atoms in total. The molecule has 122 valence electrons. The molecular formula is C20H20FeN2O+2. The summed E-state index contributed by atoms with van der Waals surface area (Å²) in [6, 6.07) is 7.45. The summed E-state index contributed by atoms with van der Waals surface area (Å²) >= 11 is 0. The van der Waals surface area contributed by atoms with Crippen molar-refractivity contribution in [1.29, 1.82) is 0 Å². The van der Waals surface area contributed by atoms with E-state index in [1.54, 1.807) is 6.07 Å². The van der Waals surface area contributed by atoms with E-state index in [9.17, 15) is 4.79 Å². The molecule has 0 unspecified atom stereocenters. The van der Waals surface area contributed by atoms with Gasteiger partial charge in [0.15, 0.2) is 0 Å². The normalized spacial score (nSPS) is 17.7. The maximum atomic E-state index is 11.9. The smallest absolute Gasteiger partial charge is 0.267 e. The molecule has 0 aliphatic heterocycles. The minimum Gasteiger partial charge on any atom is -0.267 e. The van der Waals surface area contributed by atoms with Crippen LogP contribution in [0.25, 0.3) is 0 Å². The van der Waals surface area contributed by atoms with Crippen LogP contribution in [0.3, 0.4) is 0 Å². The first-order chi connectivity index (χ1) is 11.2. The van der Waals surface area contributed by atoms with E-state index >= 15 is 0 Å². The van der Waals surface area contributed by atoms with Gasteiger partial charge in [-0.25, -0.2) is 5.43 Å². The zero-order valence-electron chi connectivity index (χ0n) is 13.7. The van der Waals surface area contributed by atoms with Crippen LogP contribution in [0.2, 0.25) is 0 Å². The second-order valence-corrected chi connectivity index (χ2v) is 5.09. The molecule has 0 spiro atoms. The van der Waals surface area contributed by atoms with E-state index in [0.29, 0.717) is 5.56 Å². The SMILES string of the molecule is C/C(=N/NC(=O)c1ccccc1C)[C]1[CH][CH][CH][CH]1.[CH]1[CH][CH][CH][CH]1.[Fe+2]. The van der Waals surface area contributed by atoms with Gasteiger partial charge in [0, 0.05) is 17.2 Å². The van der Waals surface area contributed by atoms with Gasteiger partial charge >= 0.3 is 17.1 Å². The van der Waals surface area contributed by atoms with Crippen LogP contribution in [-0.2, 0) is 17.1 Å². The molecule has 3 rings (SSSR count). The average Bonchev–Trinajstić information content (AvgIpc) is 3.28. The fourth-order valence-electron chi connectivity index (χ4n) is 2.02. The molecule has 1 amide bonds. The monoisotopic (exact) mass is 360 g/mol. The van der Waals surface area contributed by atoms with Crippen LogP contribution in [0.4, 0.5) is 0 Å². The standard InChI is InChI=1S/C15H15N2O.C5H5.Fe/c1-11-7-3-6-10-14(11)15(18)17-16-12(2)13-8-4-5-9-13;1-2-4-5-3-1;/h3-10H,1-2H3,(H,17,18);1-5H;/q;;+2/b16-12-;;. The van der Waals surface area contributed by atoms with Crippen LogP contribution in [0, 0.1) is 70.6 Å². The zero-order valence-corrected chi connectivity index (χ0v) is 14.8. The third-order valence-electron chi connectivity index (χ3n) is 3.35. The molecule has 0 aromatic heterocycles. The van der Waals surface area contributed by atoms with E-state index in [-0.39, 0.29) is 23.0 Å². The Kier molecular flexibility index (Phi) is 9.97. The first-order valence-electron chi connectivity index (χ1n) is 7.47. The maximum absolute atomic E-state index is 11.9. The van der Waals surface area contributed by atoms with Crippen LogP contribution in [0.5, 0.6) is 0 Å². The maximum Gasteiger partial charge on any atom is 2.00 e. The molecule has 24 heavy (non-hydrogen) atoms. The van der Waals surface area contributed by atoms with E-state index in [1.165, 1.54) is 0 Å². The largest absolute Gasteiger partial charge is 2.00 e. The Morgan fingerprint density at radius 1 is 0.917 bits per heavy atom. The summed E-state index contributed by atoms with van der Waals surface area (Å²) in [5.74, 6) is 0.832. The number of hydrogen-bond acceptors (Lipinski definition) is 2. The van der Waals surface area contributed by atoms with Crippen LogP contribution < -0.4 is 5.43 Å². The van der Waals surface area contributed by atoms with Crippen molar-refractivity contribution in [1.82, 2.24) is 5.43 Å². The van der Waals surface area contributed by atoms with E-state index < -0.39 is 0 Å². The number of carbonyl (C=O) groups excluding carboxylic acids is 1. The first kappa shape index (κ1) is 20.9. The van der Waals surface area contributed by atoms with Gasteiger partial charge in [-0.1, -0.05) is 18.2 Å². The van der Waals surface area contributed by atoms with Crippen LogP contribution >= 0.6 is 0 Å². The van der Waals surface area contributed by atoms with Gasteiger partial charge in [-0.15, -0.1) is 0 Å². The first-order valence-corrected chi connectivity index (χ1v) is 7.47. The number of rotatable bonds is 3. The van der Waals surface area contributed by atoms with E-state index in [1.807, 2.05) is 89.8 Å². The molecule has 2 aliphatic rings. The number of benzene rings is 1. The number of nitrogens with zero attached hydrogens (tertiary/aromatic N) is 1. The molecule has 2 aliphatic carbocycles. The van der Waals surface area contributed by atoms with Crippen molar-refractivity contribution in [3.63, 3.8) is 0 Å².